The van der Waals surface area contributed by atoms with Crippen LogP contribution in [0.4, 0.5) is 24.5 Å². The zero-order chi connectivity index (χ0) is 23.7. The number of alkyl halides is 3. The SMILES string of the molecule is CS(=O)(=O)N1CCCc2cc(C(=O)Nc3ccc(S(=O)(=O)NCC(F)(F)F)cc3)ccc21. The van der Waals surface area contributed by atoms with E-state index in [0.717, 1.165) is 18.4 Å². The summed E-state index contributed by atoms with van der Waals surface area (Å²) in [6.07, 6.45) is -2.34. The smallest absolute Gasteiger partial charge is 0.322 e. The number of rotatable bonds is 6. The minimum atomic E-state index is -4.69. The monoisotopic (exact) mass is 491 g/mol. The van der Waals surface area contributed by atoms with Crippen LogP contribution in [0.15, 0.2) is 47.4 Å². The van der Waals surface area contributed by atoms with Crippen LogP contribution in [0.3, 0.4) is 0 Å². The Morgan fingerprint density at radius 2 is 1.72 bits per heavy atom. The average molecular weight is 492 g/mol. The van der Waals surface area contributed by atoms with Gasteiger partial charge < -0.3 is 5.32 Å². The molecular weight excluding hydrogens is 471 g/mol. The molecule has 0 saturated heterocycles. The van der Waals surface area contributed by atoms with Gasteiger partial charge >= 0.3 is 6.18 Å². The van der Waals surface area contributed by atoms with Crippen LogP contribution in [0.2, 0.25) is 0 Å². The summed E-state index contributed by atoms with van der Waals surface area (Å²) in [5.41, 5.74) is 1.76. The third-order valence-corrected chi connectivity index (χ3v) is 7.30. The fourth-order valence-corrected chi connectivity index (χ4v) is 5.24. The van der Waals surface area contributed by atoms with Crippen LogP contribution in [-0.2, 0) is 26.5 Å². The van der Waals surface area contributed by atoms with E-state index in [1.807, 2.05) is 0 Å². The molecule has 1 aliphatic rings. The zero-order valence-electron chi connectivity index (χ0n) is 16.8. The van der Waals surface area contributed by atoms with E-state index in [2.05, 4.69) is 5.32 Å². The second-order valence-corrected chi connectivity index (χ2v) is 10.9. The van der Waals surface area contributed by atoms with E-state index < -0.39 is 38.7 Å². The first-order valence-corrected chi connectivity index (χ1v) is 12.7. The third-order valence-electron chi connectivity index (χ3n) is 4.70. The number of carbonyl (C=O) groups excluding carboxylic acids is 1. The molecule has 3 rings (SSSR count). The third kappa shape index (κ3) is 5.78. The van der Waals surface area contributed by atoms with Gasteiger partial charge in [-0.3, -0.25) is 9.10 Å². The lowest BCUT2D eigenvalue weighted by Crippen LogP contribution is -2.34. The number of hydrogen-bond donors (Lipinski definition) is 2. The fraction of sp³-hybridized carbons (Fsp3) is 0.316. The van der Waals surface area contributed by atoms with Crippen molar-refractivity contribution in [3.63, 3.8) is 0 Å². The van der Waals surface area contributed by atoms with Crippen molar-refractivity contribution in [2.45, 2.75) is 23.9 Å². The van der Waals surface area contributed by atoms with Gasteiger partial charge in [0.15, 0.2) is 0 Å². The molecule has 0 aromatic heterocycles. The highest BCUT2D eigenvalue weighted by molar-refractivity contribution is 7.92. The minimum absolute atomic E-state index is 0.236. The molecule has 0 atom stereocenters. The van der Waals surface area contributed by atoms with Crippen LogP contribution in [0.25, 0.3) is 0 Å². The highest BCUT2D eigenvalue weighted by atomic mass is 32.2. The largest absolute Gasteiger partial charge is 0.402 e. The lowest BCUT2D eigenvalue weighted by atomic mass is 10.0. The number of carbonyl (C=O) groups is 1. The molecule has 8 nitrogen and oxygen atoms in total. The van der Waals surface area contributed by atoms with Crippen molar-refractivity contribution < 1.29 is 34.8 Å². The van der Waals surface area contributed by atoms with E-state index in [-0.39, 0.29) is 16.1 Å². The van der Waals surface area contributed by atoms with Crippen LogP contribution >= 0.6 is 0 Å². The molecule has 0 aliphatic carbocycles. The number of anilines is 2. The van der Waals surface area contributed by atoms with Crippen LogP contribution in [-0.4, -0.2) is 48.3 Å². The topological polar surface area (TPSA) is 113 Å². The molecule has 0 unspecified atom stereocenters. The second-order valence-electron chi connectivity index (χ2n) is 7.20. The molecule has 13 heteroatoms. The first-order valence-electron chi connectivity index (χ1n) is 9.35. The Morgan fingerprint density at radius 1 is 1.06 bits per heavy atom. The fourth-order valence-electron chi connectivity index (χ4n) is 3.23. The summed E-state index contributed by atoms with van der Waals surface area (Å²) in [5, 5.41) is 2.58. The summed E-state index contributed by atoms with van der Waals surface area (Å²) in [6.45, 7) is -1.33. The van der Waals surface area contributed by atoms with Gasteiger partial charge in [-0.1, -0.05) is 0 Å². The number of fused-ring (bicyclic) bond motifs is 1. The van der Waals surface area contributed by atoms with E-state index in [0.29, 0.717) is 30.6 Å². The maximum absolute atomic E-state index is 12.6. The number of nitrogens with one attached hydrogen (secondary N) is 2. The minimum Gasteiger partial charge on any atom is -0.322 e. The summed E-state index contributed by atoms with van der Waals surface area (Å²) in [7, 11) is -7.79. The highest BCUT2D eigenvalue weighted by Gasteiger charge is 2.30. The maximum atomic E-state index is 12.6. The molecule has 2 aromatic rings. The van der Waals surface area contributed by atoms with Gasteiger partial charge in [0, 0.05) is 17.8 Å². The van der Waals surface area contributed by atoms with Crippen molar-refractivity contribution in [3.8, 4) is 0 Å². The molecule has 0 bridgehead atoms. The predicted molar refractivity (Wildman–Crippen MR) is 113 cm³/mol. The maximum Gasteiger partial charge on any atom is 0.402 e. The lowest BCUT2D eigenvalue weighted by molar-refractivity contribution is -0.121. The van der Waals surface area contributed by atoms with Crippen LogP contribution in [0.5, 0.6) is 0 Å². The number of aryl methyl sites for hydroxylation is 1. The van der Waals surface area contributed by atoms with Gasteiger partial charge in [0.1, 0.15) is 6.54 Å². The van der Waals surface area contributed by atoms with Crippen LogP contribution in [0, 0.1) is 0 Å². The Labute approximate surface area is 183 Å². The summed E-state index contributed by atoms with van der Waals surface area (Å²) < 4.78 is 87.2. The van der Waals surface area contributed by atoms with Gasteiger partial charge in [-0.2, -0.15) is 13.2 Å². The molecule has 2 N–H and O–H groups in total. The Kier molecular flexibility index (Phi) is 6.54. The Hall–Kier alpha value is -2.64. The molecule has 0 spiro atoms. The summed E-state index contributed by atoms with van der Waals surface area (Å²) in [5.74, 6) is -0.505. The zero-order valence-corrected chi connectivity index (χ0v) is 18.4. The summed E-state index contributed by atoms with van der Waals surface area (Å²) >= 11 is 0. The van der Waals surface area contributed by atoms with Gasteiger partial charge in [-0.05, 0) is 60.9 Å². The van der Waals surface area contributed by atoms with Crippen molar-refractivity contribution >= 4 is 37.3 Å². The van der Waals surface area contributed by atoms with E-state index >= 15 is 0 Å². The van der Waals surface area contributed by atoms with E-state index in [1.165, 1.54) is 27.2 Å². The standard InChI is InChI=1S/C19H20F3N3O5S2/c1-31(27,28)25-10-2-3-13-11-14(4-9-17(13)25)18(26)24-15-5-7-16(8-6-15)32(29,30)23-12-19(20,21)22/h4-9,11,23H,2-3,10,12H2,1H3,(H,24,26). The van der Waals surface area contributed by atoms with E-state index in [9.17, 15) is 34.8 Å². The van der Waals surface area contributed by atoms with Crippen molar-refractivity contribution in [2.75, 3.05) is 29.0 Å². The molecule has 0 fully saturated rings. The van der Waals surface area contributed by atoms with Gasteiger partial charge in [0.05, 0.1) is 16.8 Å². The van der Waals surface area contributed by atoms with Crippen molar-refractivity contribution in [2.24, 2.45) is 0 Å². The number of amides is 1. The molecular formula is C19H20F3N3O5S2. The molecule has 1 amide bonds. The molecule has 2 aromatic carbocycles. The van der Waals surface area contributed by atoms with Crippen LogP contribution < -0.4 is 14.3 Å². The lowest BCUT2D eigenvalue weighted by Gasteiger charge is -2.29. The van der Waals surface area contributed by atoms with Gasteiger partial charge in [0.2, 0.25) is 20.0 Å². The Morgan fingerprint density at radius 3 is 2.31 bits per heavy atom. The molecule has 0 saturated carbocycles. The van der Waals surface area contributed by atoms with Gasteiger partial charge in [-0.25, -0.2) is 21.6 Å². The van der Waals surface area contributed by atoms with Crippen molar-refractivity contribution in [1.82, 2.24) is 4.72 Å². The second kappa shape index (κ2) is 8.71. The van der Waals surface area contributed by atoms with E-state index in [1.54, 1.807) is 12.1 Å². The Bertz CT molecular complexity index is 1230. The highest BCUT2D eigenvalue weighted by Crippen LogP contribution is 2.30. The number of halogens is 3. The molecule has 174 valence electrons. The number of nitrogens with zero attached hydrogens (tertiary/aromatic N) is 1. The number of hydrogen-bond acceptors (Lipinski definition) is 5. The quantitative estimate of drug-likeness (QED) is 0.645. The normalized spacial score (nSPS) is 14.7. The Balaban J connectivity index is 1.73. The summed E-state index contributed by atoms with van der Waals surface area (Å²) in [4.78, 5) is 12.2. The first kappa shape index (κ1) is 24.0. The molecule has 32 heavy (non-hydrogen) atoms. The van der Waals surface area contributed by atoms with Crippen molar-refractivity contribution in [1.29, 1.82) is 0 Å². The number of benzene rings is 2. The average Bonchev–Trinajstić information content (AvgIpc) is 2.70. The van der Waals surface area contributed by atoms with Gasteiger partial charge in [0.25, 0.3) is 5.91 Å². The van der Waals surface area contributed by atoms with Crippen LogP contribution in [0.1, 0.15) is 22.3 Å². The molecule has 0 radical (unpaired) electrons. The molecule has 1 heterocycles. The molecule has 1 aliphatic heterocycles. The van der Waals surface area contributed by atoms with Gasteiger partial charge in [-0.15, -0.1) is 0 Å². The summed E-state index contributed by atoms with van der Waals surface area (Å²) in [6, 6.07) is 9.30. The predicted octanol–water partition coefficient (Wildman–Crippen LogP) is 2.49. The van der Waals surface area contributed by atoms with Crippen molar-refractivity contribution in [3.05, 3.63) is 53.6 Å². The number of sulfonamides is 2. The first-order chi connectivity index (χ1) is 14.8. The van der Waals surface area contributed by atoms with E-state index in [4.69, 9.17) is 0 Å².